The van der Waals surface area contributed by atoms with Gasteiger partial charge in [-0.25, -0.2) is 4.79 Å². The number of nitro groups is 1. The van der Waals surface area contributed by atoms with Crippen LogP contribution in [0.4, 0.5) is 16.2 Å². The Morgan fingerprint density at radius 1 is 1.07 bits per heavy atom. The third kappa shape index (κ3) is 4.48. The summed E-state index contributed by atoms with van der Waals surface area (Å²) in [4.78, 5) is 35.4. The minimum absolute atomic E-state index is 0.0161. The summed E-state index contributed by atoms with van der Waals surface area (Å²) in [6.07, 6.45) is 0. The van der Waals surface area contributed by atoms with E-state index in [1.807, 2.05) is 24.3 Å². The van der Waals surface area contributed by atoms with Crippen LogP contribution in [0.2, 0.25) is 0 Å². The lowest BCUT2D eigenvalue weighted by Crippen LogP contribution is -2.46. The fourth-order valence-corrected chi connectivity index (χ4v) is 3.29. The summed E-state index contributed by atoms with van der Waals surface area (Å²) in [6.45, 7) is 8.00. The fraction of sp³-hybridized carbons (Fsp3) is 0.273. The molecule has 156 valence electrons. The van der Waals surface area contributed by atoms with Crippen molar-refractivity contribution in [2.75, 3.05) is 5.32 Å². The highest BCUT2D eigenvalue weighted by atomic mass is 16.6. The molecule has 3 rings (SSSR count). The van der Waals surface area contributed by atoms with Gasteiger partial charge in [0, 0.05) is 23.5 Å². The van der Waals surface area contributed by atoms with E-state index in [-0.39, 0.29) is 17.1 Å². The van der Waals surface area contributed by atoms with Gasteiger partial charge in [-0.05, 0) is 35.6 Å². The van der Waals surface area contributed by atoms with Crippen LogP contribution < -0.4 is 16.0 Å². The van der Waals surface area contributed by atoms with Crippen molar-refractivity contribution in [2.24, 2.45) is 0 Å². The van der Waals surface area contributed by atoms with E-state index >= 15 is 0 Å². The number of hydrogen-bond acceptors (Lipinski definition) is 4. The minimum atomic E-state index is -0.620. The molecule has 0 radical (unpaired) electrons. The Hall–Kier alpha value is -3.68. The number of non-ortho nitro benzene ring substituents is 1. The smallest absolute Gasteiger partial charge is 0.319 e. The number of hydrogen-bond donors (Lipinski definition) is 3. The zero-order valence-corrected chi connectivity index (χ0v) is 17.3. The summed E-state index contributed by atoms with van der Waals surface area (Å²) in [5.74, 6) is -0.404. The molecule has 0 spiro atoms. The Kier molecular flexibility index (Phi) is 5.60. The Balaban J connectivity index is 1.89. The summed E-state index contributed by atoms with van der Waals surface area (Å²) < 4.78 is 0. The monoisotopic (exact) mass is 408 g/mol. The quantitative estimate of drug-likeness (QED) is 0.521. The van der Waals surface area contributed by atoms with Crippen molar-refractivity contribution in [3.8, 4) is 0 Å². The second-order valence-corrected chi connectivity index (χ2v) is 8.20. The first-order valence-corrected chi connectivity index (χ1v) is 9.51. The highest BCUT2D eigenvalue weighted by Crippen LogP contribution is 2.30. The zero-order valence-electron chi connectivity index (χ0n) is 17.3. The molecule has 3 N–H and O–H groups in total. The van der Waals surface area contributed by atoms with Crippen LogP contribution in [-0.4, -0.2) is 16.9 Å². The van der Waals surface area contributed by atoms with Gasteiger partial charge in [-0.1, -0.05) is 45.0 Å². The van der Waals surface area contributed by atoms with E-state index in [0.717, 1.165) is 11.1 Å². The third-order valence-electron chi connectivity index (χ3n) is 4.96. The Bertz CT molecular complexity index is 1020. The van der Waals surface area contributed by atoms with E-state index in [0.29, 0.717) is 17.0 Å². The van der Waals surface area contributed by atoms with E-state index in [1.165, 1.54) is 24.3 Å². The number of carbonyl (C=O) groups is 2. The van der Waals surface area contributed by atoms with E-state index in [9.17, 15) is 19.7 Å². The van der Waals surface area contributed by atoms with Gasteiger partial charge in [0.05, 0.1) is 16.5 Å². The molecule has 0 aliphatic carbocycles. The Morgan fingerprint density at radius 2 is 1.67 bits per heavy atom. The molecule has 1 aliphatic rings. The summed E-state index contributed by atoms with van der Waals surface area (Å²) >= 11 is 0. The number of nitrogens with zero attached hydrogens (tertiary/aromatic N) is 1. The number of carbonyl (C=O) groups excluding carboxylic acids is 2. The first-order valence-electron chi connectivity index (χ1n) is 9.51. The normalized spacial score (nSPS) is 16.5. The van der Waals surface area contributed by atoms with Gasteiger partial charge in [0.25, 0.3) is 11.6 Å². The lowest BCUT2D eigenvalue weighted by atomic mass is 9.85. The average Bonchev–Trinajstić information content (AvgIpc) is 2.67. The molecule has 2 aromatic rings. The van der Waals surface area contributed by atoms with Crippen molar-refractivity contribution in [2.45, 2.75) is 39.2 Å². The molecule has 0 fully saturated rings. The van der Waals surface area contributed by atoms with Crippen LogP contribution in [-0.2, 0) is 10.2 Å². The predicted molar refractivity (Wildman–Crippen MR) is 114 cm³/mol. The van der Waals surface area contributed by atoms with E-state index in [2.05, 4.69) is 36.7 Å². The lowest BCUT2D eigenvalue weighted by molar-refractivity contribution is -0.384. The van der Waals surface area contributed by atoms with E-state index in [1.54, 1.807) is 6.92 Å². The molecule has 1 heterocycles. The maximum atomic E-state index is 13.0. The van der Waals surface area contributed by atoms with Crippen LogP contribution in [0.25, 0.3) is 0 Å². The van der Waals surface area contributed by atoms with Crippen molar-refractivity contribution in [3.05, 3.63) is 81.0 Å². The van der Waals surface area contributed by atoms with E-state index in [4.69, 9.17) is 0 Å². The number of allylic oxidation sites excluding steroid dienone is 1. The lowest BCUT2D eigenvalue weighted by Gasteiger charge is -2.29. The molecular formula is C22H24N4O4. The van der Waals surface area contributed by atoms with Crippen LogP contribution >= 0.6 is 0 Å². The number of nitrogens with one attached hydrogen (secondary N) is 3. The van der Waals surface area contributed by atoms with E-state index < -0.39 is 16.9 Å². The van der Waals surface area contributed by atoms with Crippen molar-refractivity contribution in [1.29, 1.82) is 0 Å². The first-order chi connectivity index (χ1) is 14.1. The molecule has 0 saturated carbocycles. The molecule has 1 aliphatic heterocycles. The number of anilines is 1. The molecule has 3 amide bonds. The second kappa shape index (κ2) is 7.98. The molecule has 8 heteroatoms. The van der Waals surface area contributed by atoms with Gasteiger partial charge in [0.15, 0.2) is 0 Å². The Morgan fingerprint density at radius 3 is 2.20 bits per heavy atom. The molecule has 1 unspecified atom stereocenters. The second-order valence-electron chi connectivity index (χ2n) is 8.20. The minimum Gasteiger partial charge on any atom is -0.327 e. The summed E-state index contributed by atoms with van der Waals surface area (Å²) in [7, 11) is 0. The molecule has 30 heavy (non-hydrogen) atoms. The summed E-state index contributed by atoms with van der Waals surface area (Å²) in [6, 6.07) is 12.4. The first kappa shape index (κ1) is 21.0. The fourth-order valence-electron chi connectivity index (χ4n) is 3.29. The molecule has 0 saturated heterocycles. The maximum Gasteiger partial charge on any atom is 0.319 e. The van der Waals surface area contributed by atoms with Gasteiger partial charge in [0.2, 0.25) is 0 Å². The standard InChI is InChI=1S/C22H24N4O4/c1-13-18(20(27)24-16-9-11-17(12-10-16)26(29)30)19(25-21(28)23-13)14-5-7-15(8-6-14)22(2,3)4/h5-12,19H,1-4H3,(H,24,27)(H2,23,25,28). The molecular weight excluding hydrogens is 384 g/mol. The highest BCUT2D eigenvalue weighted by Gasteiger charge is 2.31. The molecule has 1 atom stereocenters. The van der Waals surface area contributed by atoms with Gasteiger partial charge in [0.1, 0.15) is 0 Å². The SMILES string of the molecule is CC1=C(C(=O)Nc2ccc([N+](=O)[O-])cc2)C(c2ccc(C(C)(C)C)cc2)NC(=O)N1. The summed E-state index contributed by atoms with van der Waals surface area (Å²) in [5, 5.41) is 19.0. The van der Waals surface area contributed by atoms with Gasteiger partial charge >= 0.3 is 6.03 Å². The Labute approximate surface area is 174 Å². The van der Waals surface area contributed by atoms with Crippen LogP contribution in [0.1, 0.15) is 44.9 Å². The molecule has 0 bridgehead atoms. The van der Waals surface area contributed by atoms with Crippen LogP contribution in [0, 0.1) is 10.1 Å². The predicted octanol–water partition coefficient (Wildman–Crippen LogP) is 4.16. The highest BCUT2D eigenvalue weighted by molar-refractivity contribution is 6.06. The largest absolute Gasteiger partial charge is 0.327 e. The topological polar surface area (TPSA) is 113 Å². The zero-order chi connectivity index (χ0) is 22.1. The molecule has 2 aromatic carbocycles. The van der Waals surface area contributed by atoms with Crippen molar-refractivity contribution in [1.82, 2.24) is 10.6 Å². The van der Waals surface area contributed by atoms with Gasteiger partial charge < -0.3 is 16.0 Å². The number of nitro benzene ring substituents is 1. The molecule has 0 aromatic heterocycles. The van der Waals surface area contributed by atoms with Gasteiger partial charge in [-0.3, -0.25) is 14.9 Å². The van der Waals surface area contributed by atoms with Crippen molar-refractivity contribution >= 4 is 23.3 Å². The van der Waals surface area contributed by atoms with Crippen molar-refractivity contribution in [3.63, 3.8) is 0 Å². The maximum absolute atomic E-state index is 13.0. The number of amides is 3. The van der Waals surface area contributed by atoms with Crippen LogP contribution in [0.3, 0.4) is 0 Å². The van der Waals surface area contributed by atoms with Gasteiger partial charge in [-0.15, -0.1) is 0 Å². The van der Waals surface area contributed by atoms with Crippen molar-refractivity contribution < 1.29 is 14.5 Å². The van der Waals surface area contributed by atoms with Crippen LogP contribution in [0.5, 0.6) is 0 Å². The van der Waals surface area contributed by atoms with Crippen LogP contribution in [0.15, 0.2) is 59.8 Å². The average molecular weight is 408 g/mol. The number of benzene rings is 2. The number of rotatable bonds is 4. The number of urea groups is 1. The summed E-state index contributed by atoms with van der Waals surface area (Å²) in [5.41, 5.74) is 3.09. The molecule has 8 nitrogen and oxygen atoms in total. The van der Waals surface area contributed by atoms with Gasteiger partial charge in [-0.2, -0.15) is 0 Å². The third-order valence-corrected chi connectivity index (χ3v) is 4.96.